The number of rotatable bonds is 5. The Morgan fingerprint density at radius 2 is 1.72 bits per heavy atom. The number of pyridine rings is 1. The first-order valence-electron chi connectivity index (χ1n) is 9.83. The molecule has 0 saturated heterocycles. The largest absolute Gasteiger partial charge is 0.504 e. The van der Waals surface area contributed by atoms with Crippen LogP contribution in [0.5, 0.6) is 5.75 Å². The van der Waals surface area contributed by atoms with Crippen LogP contribution in [-0.2, 0) is 0 Å². The summed E-state index contributed by atoms with van der Waals surface area (Å²) in [4.78, 5) is 20.2. The molecule has 0 spiro atoms. The van der Waals surface area contributed by atoms with E-state index in [0.717, 1.165) is 16.7 Å². The molecule has 0 saturated carbocycles. The molecule has 3 heterocycles. The van der Waals surface area contributed by atoms with Crippen LogP contribution in [0.25, 0.3) is 22.8 Å². The summed E-state index contributed by atoms with van der Waals surface area (Å²) in [6.07, 6.45) is 4.77. The van der Waals surface area contributed by atoms with E-state index < -0.39 is 11.7 Å². The van der Waals surface area contributed by atoms with Crippen LogP contribution in [0.15, 0.2) is 82.3 Å². The molecule has 0 amide bonds. The van der Waals surface area contributed by atoms with Gasteiger partial charge in [0.1, 0.15) is 0 Å². The fourth-order valence-corrected chi connectivity index (χ4v) is 3.51. The van der Waals surface area contributed by atoms with E-state index in [9.17, 15) is 15.0 Å². The molecule has 7 nitrogen and oxygen atoms in total. The van der Waals surface area contributed by atoms with Gasteiger partial charge in [-0.25, -0.2) is 14.8 Å². The molecular formula is C25H17N3O4. The van der Waals surface area contributed by atoms with Crippen molar-refractivity contribution in [3.63, 3.8) is 0 Å². The van der Waals surface area contributed by atoms with E-state index in [2.05, 4.69) is 15.3 Å². The maximum absolute atomic E-state index is 11.8. The molecule has 0 unspecified atom stereocenters. The van der Waals surface area contributed by atoms with Crippen molar-refractivity contribution in [1.29, 1.82) is 0 Å². The third kappa shape index (κ3) is 3.52. The Morgan fingerprint density at radius 1 is 0.969 bits per heavy atom. The molecule has 4 aromatic rings. The molecule has 1 aliphatic heterocycles. The number of anilines is 2. The predicted molar refractivity (Wildman–Crippen MR) is 123 cm³/mol. The van der Waals surface area contributed by atoms with Gasteiger partial charge in [-0.2, -0.15) is 0 Å². The lowest BCUT2D eigenvalue weighted by Gasteiger charge is -2.06. The van der Waals surface area contributed by atoms with Crippen LogP contribution >= 0.6 is 0 Å². The number of aromatic hydroxyl groups is 1. The molecule has 0 atom stereocenters. The molecule has 0 fully saturated rings. The fraction of sp³-hybridized carbons (Fsp3) is 0. The highest BCUT2D eigenvalue weighted by molar-refractivity contribution is 6.21. The van der Waals surface area contributed by atoms with Gasteiger partial charge >= 0.3 is 5.97 Å². The van der Waals surface area contributed by atoms with E-state index in [1.807, 2.05) is 60.7 Å². The van der Waals surface area contributed by atoms with E-state index in [-0.39, 0.29) is 17.2 Å². The zero-order valence-corrected chi connectivity index (χ0v) is 16.7. The summed E-state index contributed by atoms with van der Waals surface area (Å²) in [5.41, 5.74) is 3.81. The van der Waals surface area contributed by atoms with Crippen molar-refractivity contribution in [1.82, 2.24) is 4.98 Å². The van der Waals surface area contributed by atoms with Gasteiger partial charge in [0.2, 0.25) is 5.88 Å². The summed E-state index contributed by atoms with van der Waals surface area (Å²) < 4.78 is 5.70. The van der Waals surface area contributed by atoms with E-state index >= 15 is 0 Å². The SMILES string of the molecule is O=C(O)c1c(Nc2ccc(-c3ccccc3)cc2)oc(C=C2C=Nc3ncccc32)c1O. The molecule has 156 valence electrons. The van der Waals surface area contributed by atoms with Gasteiger partial charge in [0, 0.05) is 29.2 Å². The van der Waals surface area contributed by atoms with Gasteiger partial charge in [-0.3, -0.25) is 0 Å². The van der Waals surface area contributed by atoms with Crippen LogP contribution < -0.4 is 5.32 Å². The number of carboxylic acids is 1. The van der Waals surface area contributed by atoms with Gasteiger partial charge in [0.15, 0.2) is 22.9 Å². The van der Waals surface area contributed by atoms with E-state index in [4.69, 9.17) is 4.42 Å². The smallest absolute Gasteiger partial charge is 0.345 e. The fourth-order valence-electron chi connectivity index (χ4n) is 3.51. The number of fused-ring (bicyclic) bond motifs is 1. The standard InChI is InChI=1S/C25H17N3O4/c29-22-20(13-17-14-27-23-19(17)7-4-12-26-23)32-24(21(22)25(30)31)28-18-10-8-16(9-11-18)15-5-2-1-3-6-15/h1-14,28-29H,(H,30,31). The number of furan rings is 1. The summed E-state index contributed by atoms with van der Waals surface area (Å²) in [5, 5.41) is 23.1. The highest BCUT2D eigenvalue weighted by Gasteiger charge is 2.26. The topological polar surface area (TPSA) is 108 Å². The molecular weight excluding hydrogens is 406 g/mol. The zero-order valence-electron chi connectivity index (χ0n) is 16.7. The first kappa shape index (κ1) is 19.3. The van der Waals surface area contributed by atoms with Crippen molar-refractivity contribution in [2.24, 2.45) is 4.99 Å². The average molecular weight is 423 g/mol. The molecule has 1 aliphatic rings. The lowest BCUT2D eigenvalue weighted by atomic mass is 10.1. The van der Waals surface area contributed by atoms with Crippen molar-refractivity contribution >= 4 is 41.2 Å². The van der Waals surface area contributed by atoms with E-state index in [0.29, 0.717) is 17.1 Å². The Morgan fingerprint density at radius 3 is 2.47 bits per heavy atom. The van der Waals surface area contributed by atoms with Crippen LogP contribution in [-0.4, -0.2) is 27.4 Å². The highest BCUT2D eigenvalue weighted by atomic mass is 16.4. The quantitative estimate of drug-likeness (QED) is 0.377. The minimum atomic E-state index is -1.30. The minimum Gasteiger partial charge on any atom is -0.504 e. The van der Waals surface area contributed by atoms with Crippen LogP contribution in [0.1, 0.15) is 21.7 Å². The lowest BCUT2D eigenvalue weighted by molar-refractivity contribution is 0.0695. The molecule has 32 heavy (non-hydrogen) atoms. The lowest BCUT2D eigenvalue weighted by Crippen LogP contribution is -2.00. The van der Waals surface area contributed by atoms with Crippen LogP contribution in [0.2, 0.25) is 0 Å². The Hall–Kier alpha value is -4.65. The number of aromatic nitrogens is 1. The van der Waals surface area contributed by atoms with Gasteiger partial charge in [-0.05, 0) is 41.5 Å². The first-order valence-corrected chi connectivity index (χ1v) is 9.83. The molecule has 0 radical (unpaired) electrons. The number of hydrogen-bond donors (Lipinski definition) is 3. The van der Waals surface area contributed by atoms with E-state index in [1.54, 1.807) is 24.6 Å². The Kier molecular flexibility index (Phi) is 4.76. The number of carbonyl (C=O) groups is 1. The van der Waals surface area contributed by atoms with Crippen molar-refractivity contribution < 1.29 is 19.4 Å². The third-order valence-electron chi connectivity index (χ3n) is 5.08. The first-order chi connectivity index (χ1) is 15.6. The number of hydrogen-bond acceptors (Lipinski definition) is 6. The Balaban J connectivity index is 1.47. The van der Waals surface area contributed by atoms with Crippen molar-refractivity contribution in [3.8, 4) is 16.9 Å². The van der Waals surface area contributed by atoms with Crippen molar-refractivity contribution in [2.45, 2.75) is 0 Å². The number of nitrogens with one attached hydrogen (secondary N) is 1. The molecule has 2 aromatic heterocycles. The van der Waals surface area contributed by atoms with Crippen LogP contribution in [0.3, 0.4) is 0 Å². The average Bonchev–Trinajstić information content (AvgIpc) is 3.36. The van der Waals surface area contributed by atoms with E-state index in [1.165, 1.54) is 0 Å². The number of allylic oxidation sites excluding steroid dienone is 1. The Bertz CT molecular complexity index is 1370. The van der Waals surface area contributed by atoms with Crippen LogP contribution in [0, 0.1) is 0 Å². The number of benzene rings is 2. The molecule has 7 heteroatoms. The second-order valence-corrected chi connectivity index (χ2v) is 7.13. The Labute approximate surface area is 183 Å². The van der Waals surface area contributed by atoms with Gasteiger partial charge in [-0.15, -0.1) is 0 Å². The number of carboxylic acid groups (broad SMARTS) is 1. The summed E-state index contributed by atoms with van der Waals surface area (Å²) in [5.74, 6) is -1.25. The summed E-state index contributed by atoms with van der Waals surface area (Å²) >= 11 is 0. The third-order valence-corrected chi connectivity index (χ3v) is 5.08. The molecule has 3 N–H and O–H groups in total. The maximum atomic E-state index is 11.8. The van der Waals surface area contributed by atoms with Crippen molar-refractivity contribution in [3.05, 3.63) is 89.8 Å². The maximum Gasteiger partial charge on any atom is 0.345 e. The summed E-state index contributed by atoms with van der Waals surface area (Å²) in [6.45, 7) is 0. The second-order valence-electron chi connectivity index (χ2n) is 7.13. The number of aliphatic imine (C=N–C) groups is 1. The summed E-state index contributed by atoms with van der Waals surface area (Å²) in [7, 11) is 0. The molecule has 0 aliphatic carbocycles. The monoisotopic (exact) mass is 423 g/mol. The molecule has 2 aromatic carbocycles. The number of nitrogens with zero attached hydrogens (tertiary/aromatic N) is 2. The minimum absolute atomic E-state index is 0.0176. The second kappa shape index (κ2) is 7.88. The van der Waals surface area contributed by atoms with Gasteiger partial charge < -0.3 is 19.9 Å². The van der Waals surface area contributed by atoms with Gasteiger partial charge in [0.25, 0.3) is 0 Å². The van der Waals surface area contributed by atoms with Crippen molar-refractivity contribution in [2.75, 3.05) is 5.32 Å². The normalized spacial score (nSPS) is 13.3. The number of aromatic carboxylic acids is 1. The van der Waals surface area contributed by atoms with Gasteiger partial charge in [0.05, 0.1) is 0 Å². The highest BCUT2D eigenvalue weighted by Crippen LogP contribution is 2.39. The zero-order chi connectivity index (χ0) is 22.1. The summed E-state index contributed by atoms with van der Waals surface area (Å²) in [6, 6.07) is 21.0. The van der Waals surface area contributed by atoms with Crippen LogP contribution in [0.4, 0.5) is 17.4 Å². The van der Waals surface area contributed by atoms with Gasteiger partial charge in [-0.1, -0.05) is 42.5 Å². The predicted octanol–water partition coefficient (Wildman–Crippen LogP) is 5.75. The molecule has 5 rings (SSSR count). The molecule has 0 bridgehead atoms.